The van der Waals surface area contributed by atoms with Gasteiger partial charge in [0.05, 0.1) is 9.95 Å². The van der Waals surface area contributed by atoms with Crippen molar-refractivity contribution in [3.8, 4) is 5.69 Å². The number of thioether (sulfide) groups is 1. The Morgan fingerprint density at radius 2 is 2.00 bits per heavy atom. The van der Waals surface area contributed by atoms with Crippen molar-refractivity contribution < 1.29 is 4.79 Å². The van der Waals surface area contributed by atoms with Crippen molar-refractivity contribution in [3.63, 3.8) is 0 Å². The Labute approximate surface area is 160 Å². The van der Waals surface area contributed by atoms with E-state index in [0.717, 1.165) is 22.6 Å². The number of hydrogen-bond acceptors (Lipinski definition) is 5. The number of aryl methyl sites for hydroxylation is 1. The summed E-state index contributed by atoms with van der Waals surface area (Å²) in [4.78, 5) is 17.7. The Morgan fingerprint density at radius 3 is 2.69 bits per heavy atom. The van der Waals surface area contributed by atoms with E-state index in [-0.39, 0.29) is 5.78 Å². The Bertz CT molecular complexity index is 1020. The third-order valence-electron chi connectivity index (χ3n) is 4.46. The van der Waals surface area contributed by atoms with Crippen LogP contribution in [0.2, 0.25) is 0 Å². The monoisotopic (exact) mass is 379 g/mol. The number of ketones is 1. The molecule has 6 heteroatoms. The van der Waals surface area contributed by atoms with Gasteiger partial charge in [-0.1, -0.05) is 30.0 Å². The predicted octanol–water partition coefficient (Wildman–Crippen LogP) is 4.97. The lowest BCUT2D eigenvalue weighted by Gasteiger charge is -2.09. The fraction of sp³-hybridized carbons (Fsp3) is 0.150. The van der Waals surface area contributed by atoms with Gasteiger partial charge in [0.1, 0.15) is 10.9 Å². The normalized spacial score (nSPS) is 18.8. The Balaban J connectivity index is 1.72. The number of rotatable bonds is 3. The first kappa shape index (κ1) is 17.0. The van der Waals surface area contributed by atoms with Gasteiger partial charge in [-0.15, -0.1) is 11.3 Å². The van der Waals surface area contributed by atoms with E-state index < -0.39 is 5.92 Å². The largest absolute Gasteiger partial charge is 0.318 e. The van der Waals surface area contributed by atoms with Crippen LogP contribution in [0.5, 0.6) is 0 Å². The molecule has 0 spiro atoms. The molecule has 26 heavy (non-hydrogen) atoms. The lowest BCUT2D eigenvalue weighted by molar-refractivity contribution is -0.114. The molecule has 1 fully saturated rings. The maximum Gasteiger partial charge on any atom is 0.186 e. The first-order valence-electron chi connectivity index (χ1n) is 8.22. The van der Waals surface area contributed by atoms with Crippen LogP contribution in [0.4, 0.5) is 0 Å². The van der Waals surface area contributed by atoms with Crippen LogP contribution in [-0.4, -0.2) is 20.4 Å². The highest BCUT2D eigenvalue weighted by molar-refractivity contribution is 8.19. The smallest absolute Gasteiger partial charge is 0.186 e. The summed E-state index contributed by atoms with van der Waals surface area (Å²) < 4.78 is 2.18. The van der Waals surface area contributed by atoms with Gasteiger partial charge in [-0.25, -0.2) is 4.98 Å². The Morgan fingerprint density at radius 1 is 1.23 bits per heavy atom. The molecule has 0 unspecified atom stereocenters. The van der Waals surface area contributed by atoms with Crippen molar-refractivity contribution >= 4 is 40.0 Å². The number of nitrogens with one attached hydrogen (secondary N) is 1. The summed E-state index contributed by atoms with van der Waals surface area (Å²) in [6.07, 6.45) is 3.59. The van der Waals surface area contributed by atoms with E-state index in [0.29, 0.717) is 15.0 Å². The van der Waals surface area contributed by atoms with Gasteiger partial charge in [-0.05, 0) is 43.7 Å². The fourth-order valence-electron chi connectivity index (χ4n) is 3.24. The van der Waals surface area contributed by atoms with Crippen LogP contribution in [0.1, 0.15) is 27.9 Å². The minimum atomic E-state index is -0.538. The lowest BCUT2D eigenvalue weighted by Crippen LogP contribution is -2.11. The highest BCUT2D eigenvalue weighted by atomic mass is 32.2. The first-order chi connectivity index (χ1) is 12.6. The number of nitrogens with zero attached hydrogens (tertiary/aromatic N) is 2. The van der Waals surface area contributed by atoms with Crippen LogP contribution in [0.3, 0.4) is 0 Å². The van der Waals surface area contributed by atoms with Crippen LogP contribution in [0, 0.1) is 19.3 Å². The van der Waals surface area contributed by atoms with Crippen molar-refractivity contribution in [1.29, 1.82) is 5.41 Å². The summed E-state index contributed by atoms with van der Waals surface area (Å²) >= 11 is 2.67. The molecule has 0 amide bonds. The van der Waals surface area contributed by atoms with Crippen LogP contribution in [0.15, 0.2) is 52.9 Å². The standard InChI is InChI=1S/C20H17N3OS2/c1-12-10-14(13(2)23(12)15-6-4-3-5-7-15)11-16-18(24)17(19(21)26-16)20-22-8-9-25-20/h3-11,17,21H,1-2H3/b16-11-,21-19?/t17-/m1/s1. The van der Waals surface area contributed by atoms with Crippen molar-refractivity contribution in [2.45, 2.75) is 19.8 Å². The Hall–Kier alpha value is -2.44. The average Bonchev–Trinajstić information content (AvgIpc) is 3.30. The second-order valence-corrected chi connectivity index (χ2v) is 8.15. The molecule has 0 radical (unpaired) electrons. The van der Waals surface area contributed by atoms with E-state index in [1.54, 1.807) is 6.20 Å². The SMILES string of the molecule is Cc1cc(/C=C2\SC(=N)[C@H](c3nccs3)C2=O)c(C)n1-c1ccccc1. The number of Topliss-reactive ketones (excluding diaryl/α,β-unsaturated/α-hetero) is 1. The molecule has 1 atom stereocenters. The molecule has 130 valence electrons. The first-order valence-corrected chi connectivity index (χ1v) is 9.92. The number of para-hydroxylation sites is 1. The fourth-order valence-corrected chi connectivity index (χ4v) is 5.04. The molecule has 1 saturated heterocycles. The highest BCUT2D eigenvalue weighted by Gasteiger charge is 2.38. The topological polar surface area (TPSA) is 58.7 Å². The maximum absolute atomic E-state index is 12.8. The van der Waals surface area contributed by atoms with Gasteiger partial charge in [0.25, 0.3) is 0 Å². The van der Waals surface area contributed by atoms with Gasteiger partial charge < -0.3 is 4.57 Å². The molecule has 4 rings (SSSR count). The van der Waals surface area contributed by atoms with Gasteiger partial charge in [0.15, 0.2) is 5.78 Å². The third-order valence-corrected chi connectivity index (χ3v) is 6.29. The van der Waals surface area contributed by atoms with Gasteiger partial charge in [-0.2, -0.15) is 0 Å². The highest BCUT2D eigenvalue weighted by Crippen LogP contribution is 2.41. The van der Waals surface area contributed by atoms with Crippen molar-refractivity contribution in [2.24, 2.45) is 0 Å². The molecule has 1 aliphatic rings. The molecule has 0 aliphatic carbocycles. The summed E-state index contributed by atoms with van der Waals surface area (Å²) in [7, 11) is 0. The zero-order valence-corrected chi connectivity index (χ0v) is 16.0. The van der Waals surface area contributed by atoms with Crippen LogP contribution >= 0.6 is 23.1 Å². The number of carbonyl (C=O) groups is 1. The molecular formula is C20H17N3OS2. The molecule has 4 nitrogen and oxygen atoms in total. The summed E-state index contributed by atoms with van der Waals surface area (Å²) in [6, 6.07) is 12.3. The number of benzene rings is 1. The zero-order valence-electron chi connectivity index (χ0n) is 14.4. The quantitative estimate of drug-likeness (QED) is 0.654. The minimum absolute atomic E-state index is 0.0283. The number of allylic oxidation sites excluding steroid dienone is 1. The van der Waals surface area contributed by atoms with E-state index >= 15 is 0 Å². The van der Waals surface area contributed by atoms with Crippen LogP contribution < -0.4 is 0 Å². The summed E-state index contributed by atoms with van der Waals surface area (Å²) in [5.74, 6) is -0.566. The van der Waals surface area contributed by atoms with Crippen molar-refractivity contribution in [1.82, 2.24) is 9.55 Å². The van der Waals surface area contributed by atoms with Gasteiger partial charge >= 0.3 is 0 Å². The van der Waals surface area contributed by atoms with E-state index in [1.807, 2.05) is 29.7 Å². The molecule has 0 bridgehead atoms. The van der Waals surface area contributed by atoms with E-state index in [2.05, 4.69) is 41.6 Å². The van der Waals surface area contributed by atoms with Gasteiger partial charge in [0.2, 0.25) is 0 Å². The zero-order chi connectivity index (χ0) is 18.3. The Kier molecular flexibility index (Phi) is 4.38. The summed E-state index contributed by atoms with van der Waals surface area (Å²) in [6.45, 7) is 4.12. The average molecular weight is 380 g/mol. The van der Waals surface area contributed by atoms with Crippen LogP contribution in [-0.2, 0) is 4.79 Å². The molecule has 1 aromatic carbocycles. The molecular weight excluding hydrogens is 362 g/mol. The maximum atomic E-state index is 12.8. The van der Waals surface area contributed by atoms with E-state index in [4.69, 9.17) is 5.41 Å². The van der Waals surface area contributed by atoms with E-state index in [1.165, 1.54) is 23.1 Å². The van der Waals surface area contributed by atoms with Gasteiger partial charge in [0, 0.05) is 28.7 Å². The minimum Gasteiger partial charge on any atom is -0.318 e. The molecule has 3 aromatic rings. The molecule has 2 aromatic heterocycles. The van der Waals surface area contributed by atoms with Crippen LogP contribution in [0.25, 0.3) is 11.8 Å². The summed E-state index contributed by atoms with van der Waals surface area (Å²) in [5.41, 5.74) is 4.31. The molecule has 1 aliphatic heterocycles. The van der Waals surface area contributed by atoms with Crippen molar-refractivity contribution in [2.75, 3.05) is 0 Å². The number of hydrogen-bond donors (Lipinski definition) is 1. The lowest BCUT2D eigenvalue weighted by atomic mass is 10.1. The third kappa shape index (κ3) is 2.85. The second-order valence-electron chi connectivity index (χ2n) is 6.14. The van der Waals surface area contributed by atoms with Gasteiger partial charge in [-0.3, -0.25) is 10.2 Å². The van der Waals surface area contributed by atoms with E-state index in [9.17, 15) is 4.79 Å². The number of thiazole rings is 1. The van der Waals surface area contributed by atoms with Crippen molar-refractivity contribution in [3.05, 3.63) is 74.8 Å². The second kappa shape index (κ2) is 6.70. The molecule has 0 saturated carbocycles. The molecule has 3 heterocycles. The summed E-state index contributed by atoms with van der Waals surface area (Å²) in [5, 5.41) is 11.1. The number of aromatic nitrogens is 2. The predicted molar refractivity (Wildman–Crippen MR) is 108 cm³/mol. The molecule has 1 N–H and O–H groups in total. The number of carbonyl (C=O) groups excluding carboxylic acids is 1.